The molecule has 0 spiro atoms. The molecule has 0 radical (unpaired) electrons. The van der Waals surface area contributed by atoms with Gasteiger partial charge in [0, 0.05) is 10.9 Å². The highest BCUT2D eigenvalue weighted by molar-refractivity contribution is 7.13. The van der Waals surface area contributed by atoms with Gasteiger partial charge in [-0.15, -0.1) is 11.3 Å². The molecule has 0 aliphatic rings. The molecule has 0 bridgehead atoms. The molecule has 0 N–H and O–H groups in total. The lowest BCUT2D eigenvalue weighted by molar-refractivity contribution is 0.447. The van der Waals surface area contributed by atoms with E-state index in [9.17, 15) is 13.2 Å². The van der Waals surface area contributed by atoms with Gasteiger partial charge in [0.2, 0.25) is 0 Å². The molecule has 0 aliphatic carbocycles. The summed E-state index contributed by atoms with van der Waals surface area (Å²) in [6.07, 6.45) is 0. The Morgan fingerprint density at radius 1 is 1.13 bits per heavy atom. The number of hydrogen-bond acceptors (Lipinski definition) is 2. The van der Waals surface area contributed by atoms with Gasteiger partial charge >= 0.3 is 0 Å². The molecule has 0 unspecified atom stereocenters. The Morgan fingerprint density at radius 3 is 2.20 bits per heavy atom. The van der Waals surface area contributed by atoms with Gasteiger partial charge in [0.1, 0.15) is 10.2 Å². The van der Waals surface area contributed by atoms with E-state index in [1.807, 2.05) is 0 Å². The fraction of sp³-hybridized carbons (Fsp3) is 0. The number of hydrogen-bond donors (Lipinski definition) is 0. The summed E-state index contributed by atoms with van der Waals surface area (Å²) in [5.41, 5.74) is 0.170. The van der Waals surface area contributed by atoms with Crippen LogP contribution < -0.4 is 0 Å². The van der Waals surface area contributed by atoms with Gasteiger partial charge in [-0.1, -0.05) is 11.6 Å². The molecule has 15 heavy (non-hydrogen) atoms. The predicted molar refractivity (Wildman–Crippen MR) is 52.4 cm³/mol. The Bertz CT molecular complexity index is 489. The molecule has 78 valence electrons. The highest BCUT2D eigenvalue weighted by Gasteiger charge is 2.13. The van der Waals surface area contributed by atoms with Crippen LogP contribution >= 0.6 is 22.9 Å². The first kappa shape index (κ1) is 10.4. The first-order valence-electron chi connectivity index (χ1n) is 3.84. The highest BCUT2D eigenvalue weighted by atomic mass is 35.5. The zero-order chi connectivity index (χ0) is 11.0. The number of aromatic nitrogens is 1. The van der Waals surface area contributed by atoms with Crippen molar-refractivity contribution in [3.8, 4) is 10.6 Å². The largest absolute Gasteiger partial charge is 0.224 e. The molecule has 0 atom stereocenters. The van der Waals surface area contributed by atoms with Gasteiger partial charge in [0.25, 0.3) is 0 Å². The predicted octanol–water partition coefficient (Wildman–Crippen LogP) is 3.88. The smallest absolute Gasteiger partial charge is 0.194 e. The lowest BCUT2D eigenvalue weighted by atomic mass is 10.2. The maximum absolute atomic E-state index is 12.9. The van der Waals surface area contributed by atoms with E-state index < -0.39 is 17.5 Å². The summed E-state index contributed by atoms with van der Waals surface area (Å²) in [4.78, 5) is 3.82. The van der Waals surface area contributed by atoms with Crippen LogP contribution in [0.4, 0.5) is 13.2 Å². The molecule has 1 nitrogen and oxygen atoms in total. The van der Waals surface area contributed by atoms with E-state index in [4.69, 9.17) is 11.6 Å². The van der Waals surface area contributed by atoms with Gasteiger partial charge in [0.05, 0.1) is 0 Å². The Hall–Kier alpha value is -1.07. The molecule has 0 amide bonds. The van der Waals surface area contributed by atoms with Gasteiger partial charge in [-0.2, -0.15) is 0 Å². The Balaban J connectivity index is 2.55. The van der Waals surface area contributed by atoms with Crippen LogP contribution in [0.1, 0.15) is 0 Å². The summed E-state index contributed by atoms with van der Waals surface area (Å²) < 4.78 is 38.4. The average molecular weight is 250 g/mol. The van der Waals surface area contributed by atoms with E-state index in [1.165, 1.54) is 5.38 Å². The summed E-state index contributed by atoms with van der Waals surface area (Å²) in [5.74, 6) is -3.96. The fourth-order valence-corrected chi connectivity index (χ4v) is 2.00. The number of thiazole rings is 1. The molecular formula is C9H3ClF3NS. The van der Waals surface area contributed by atoms with E-state index >= 15 is 0 Å². The Morgan fingerprint density at radius 2 is 1.73 bits per heavy atom. The number of benzene rings is 1. The van der Waals surface area contributed by atoms with Crippen molar-refractivity contribution in [2.45, 2.75) is 0 Å². The van der Waals surface area contributed by atoms with Crippen LogP contribution in [0.3, 0.4) is 0 Å². The number of halogens is 4. The molecule has 0 saturated heterocycles. The second kappa shape index (κ2) is 3.83. The van der Waals surface area contributed by atoms with Gasteiger partial charge in [-0.3, -0.25) is 0 Å². The van der Waals surface area contributed by atoms with Crippen molar-refractivity contribution in [2.75, 3.05) is 0 Å². The second-order valence-corrected chi connectivity index (χ2v) is 3.97. The van der Waals surface area contributed by atoms with Gasteiger partial charge in [-0.25, -0.2) is 18.2 Å². The van der Waals surface area contributed by atoms with Crippen molar-refractivity contribution in [3.63, 3.8) is 0 Å². The van der Waals surface area contributed by atoms with Crippen LogP contribution in [0.15, 0.2) is 17.5 Å². The molecular weight excluding hydrogens is 247 g/mol. The maximum Gasteiger partial charge on any atom is 0.194 e. The molecule has 0 fully saturated rings. The molecule has 0 saturated carbocycles. The highest BCUT2D eigenvalue weighted by Crippen LogP contribution is 2.28. The summed E-state index contributed by atoms with van der Waals surface area (Å²) >= 11 is 6.69. The summed E-state index contributed by atoms with van der Waals surface area (Å²) in [6.45, 7) is 0. The van der Waals surface area contributed by atoms with Crippen LogP contribution in [0, 0.1) is 17.5 Å². The number of rotatable bonds is 1. The van der Waals surface area contributed by atoms with Crippen molar-refractivity contribution in [1.29, 1.82) is 0 Å². The maximum atomic E-state index is 12.9. The summed E-state index contributed by atoms with van der Waals surface area (Å²) in [7, 11) is 0. The van der Waals surface area contributed by atoms with Crippen LogP contribution in [-0.2, 0) is 0 Å². The third-order valence-electron chi connectivity index (χ3n) is 1.71. The van der Waals surface area contributed by atoms with Crippen LogP contribution in [-0.4, -0.2) is 4.98 Å². The van der Waals surface area contributed by atoms with Crippen molar-refractivity contribution in [1.82, 2.24) is 4.98 Å². The molecule has 1 heterocycles. The third-order valence-corrected chi connectivity index (χ3v) is 2.92. The normalized spacial score (nSPS) is 10.7. The molecule has 2 aromatic rings. The minimum Gasteiger partial charge on any atom is -0.224 e. The first-order chi connectivity index (χ1) is 7.08. The minimum absolute atomic E-state index is 0.170. The van der Waals surface area contributed by atoms with Crippen molar-refractivity contribution in [3.05, 3.63) is 40.1 Å². The molecule has 1 aromatic carbocycles. The summed E-state index contributed by atoms with van der Waals surface area (Å²) in [6, 6.07) is 1.77. The van der Waals surface area contributed by atoms with Crippen LogP contribution in [0.25, 0.3) is 10.6 Å². The van der Waals surface area contributed by atoms with E-state index in [2.05, 4.69) is 4.98 Å². The SMILES string of the molecule is Fc1cc(-c2nc(Cl)cs2)cc(F)c1F. The van der Waals surface area contributed by atoms with Crippen LogP contribution in [0.2, 0.25) is 5.15 Å². The Kier molecular flexibility index (Phi) is 2.67. The molecule has 1 aromatic heterocycles. The monoisotopic (exact) mass is 249 g/mol. The van der Waals surface area contributed by atoms with Gasteiger partial charge in [0.15, 0.2) is 17.5 Å². The van der Waals surface area contributed by atoms with Gasteiger partial charge in [-0.05, 0) is 12.1 Å². The fourth-order valence-electron chi connectivity index (χ4n) is 1.07. The lowest BCUT2D eigenvalue weighted by Crippen LogP contribution is -1.91. The van der Waals surface area contributed by atoms with Gasteiger partial charge < -0.3 is 0 Å². The third kappa shape index (κ3) is 1.98. The topological polar surface area (TPSA) is 12.9 Å². The van der Waals surface area contributed by atoms with Crippen molar-refractivity contribution in [2.24, 2.45) is 0 Å². The zero-order valence-corrected chi connectivity index (χ0v) is 8.67. The average Bonchev–Trinajstić information content (AvgIpc) is 2.60. The summed E-state index contributed by atoms with van der Waals surface area (Å²) in [5, 5.41) is 2.11. The Labute approximate surface area is 92.1 Å². The molecule has 2 rings (SSSR count). The van der Waals surface area contributed by atoms with Crippen molar-refractivity contribution < 1.29 is 13.2 Å². The molecule has 0 aliphatic heterocycles. The van der Waals surface area contributed by atoms with E-state index in [-0.39, 0.29) is 10.7 Å². The van der Waals surface area contributed by atoms with E-state index in [0.717, 1.165) is 23.5 Å². The quantitative estimate of drug-likeness (QED) is 0.699. The zero-order valence-electron chi connectivity index (χ0n) is 7.10. The van der Waals surface area contributed by atoms with Crippen LogP contribution in [0.5, 0.6) is 0 Å². The lowest BCUT2D eigenvalue weighted by Gasteiger charge is -1.99. The minimum atomic E-state index is -1.48. The first-order valence-corrected chi connectivity index (χ1v) is 5.09. The standard InChI is InChI=1S/C9H3ClF3NS/c10-7-3-15-9(14-7)4-1-5(11)8(13)6(12)2-4/h1-3H. The molecule has 6 heteroatoms. The number of nitrogens with zero attached hydrogens (tertiary/aromatic N) is 1. The van der Waals surface area contributed by atoms with E-state index in [0.29, 0.717) is 5.01 Å². The van der Waals surface area contributed by atoms with E-state index in [1.54, 1.807) is 0 Å². The van der Waals surface area contributed by atoms with Crippen molar-refractivity contribution >= 4 is 22.9 Å². The second-order valence-electron chi connectivity index (χ2n) is 2.73.